The zero-order valence-electron chi connectivity index (χ0n) is 13.8. The van der Waals surface area contributed by atoms with E-state index in [2.05, 4.69) is 20.6 Å². The molecule has 0 saturated carbocycles. The average molecular weight is 352 g/mol. The van der Waals surface area contributed by atoms with Crippen LogP contribution in [0.2, 0.25) is 0 Å². The zero-order chi connectivity index (χ0) is 18.4. The standard InChI is InChI=1S/C19H17FN4O2/c20-15-9-5-4-8-14(15)11-21-17-10-16(13-6-2-1-3-7-13)23-19(24-17)22-12-18(25)26/h1-10H,11-12H2,(H,25,26)(H2,21,22,23,24). The van der Waals surface area contributed by atoms with E-state index < -0.39 is 5.97 Å². The molecule has 7 heteroatoms. The summed E-state index contributed by atoms with van der Waals surface area (Å²) >= 11 is 0. The normalized spacial score (nSPS) is 10.3. The summed E-state index contributed by atoms with van der Waals surface area (Å²) in [6, 6.07) is 17.7. The minimum absolute atomic E-state index is 0.185. The Morgan fingerprint density at radius 3 is 2.46 bits per heavy atom. The maximum Gasteiger partial charge on any atom is 0.322 e. The van der Waals surface area contributed by atoms with Crippen molar-refractivity contribution in [1.29, 1.82) is 0 Å². The number of anilines is 2. The van der Waals surface area contributed by atoms with Gasteiger partial charge in [0.1, 0.15) is 18.2 Å². The molecule has 0 atom stereocenters. The highest BCUT2D eigenvalue weighted by Crippen LogP contribution is 2.22. The predicted molar refractivity (Wildman–Crippen MR) is 97.3 cm³/mol. The summed E-state index contributed by atoms with van der Waals surface area (Å²) in [5, 5.41) is 14.6. The van der Waals surface area contributed by atoms with Crippen molar-refractivity contribution in [3.8, 4) is 11.3 Å². The Hall–Kier alpha value is -3.48. The molecule has 0 aliphatic carbocycles. The van der Waals surface area contributed by atoms with Gasteiger partial charge in [-0.05, 0) is 6.07 Å². The van der Waals surface area contributed by atoms with Crippen molar-refractivity contribution >= 4 is 17.7 Å². The maximum atomic E-state index is 13.8. The Bertz CT molecular complexity index is 903. The van der Waals surface area contributed by atoms with Gasteiger partial charge in [0.05, 0.1) is 5.69 Å². The Morgan fingerprint density at radius 1 is 1.00 bits per heavy atom. The first-order chi connectivity index (χ1) is 12.6. The van der Waals surface area contributed by atoms with Crippen LogP contribution < -0.4 is 10.6 Å². The molecular weight excluding hydrogens is 335 g/mol. The molecule has 6 nitrogen and oxygen atoms in total. The molecule has 1 aromatic heterocycles. The Kier molecular flexibility index (Phi) is 5.38. The summed E-state index contributed by atoms with van der Waals surface area (Å²) in [5.74, 6) is -0.666. The van der Waals surface area contributed by atoms with E-state index >= 15 is 0 Å². The zero-order valence-corrected chi connectivity index (χ0v) is 13.8. The topological polar surface area (TPSA) is 87.1 Å². The van der Waals surface area contributed by atoms with E-state index in [4.69, 9.17) is 5.11 Å². The van der Waals surface area contributed by atoms with Crippen LogP contribution in [0.5, 0.6) is 0 Å². The number of carbonyl (C=O) groups is 1. The van der Waals surface area contributed by atoms with E-state index in [9.17, 15) is 9.18 Å². The van der Waals surface area contributed by atoms with E-state index in [0.717, 1.165) is 5.56 Å². The number of benzene rings is 2. The molecule has 2 aromatic carbocycles. The number of nitrogens with one attached hydrogen (secondary N) is 2. The Labute approximate surface area is 149 Å². The summed E-state index contributed by atoms with van der Waals surface area (Å²) in [7, 11) is 0. The monoisotopic (exact) mass is 352 g/mol. The van der Waals surface area contributed by atoms with Crippen molar-refractivity contribution in [2.45, 2.75) is 6.54 Å². The van der Waals surface area contributed by atoms with Gasteiger partial charge in [0.2, 0.25) is 5.95 Å². The quantitative estimate of drug-likeness (QED) is 0.604. The number of aliphatic carboxylic acids is 1. The van der Waals surface area contributed by atoms with E-state index in [1.807, 2.05) is 30.3 Å². The third-order valence-electron chi connectivity index (χ3n) is 3.61. The lowest BCUT2D eigenvalue weighted by atomic mass is 10.1. The molecule has 1 heterocycles. The third-order valence-corrected chi connectivity index (χ3v) is 3.61. The minimum Gasteiger partial charge on any atom is -0.480 e. The van der Waals surface area contributed by atoms with Crippen LogP contribution in [-0.2, 0) is 11.3 Å². The Morgan fingerprint density at radius 2 is 1.73 bits per heavy atom. The van der Waals surface area contributed by atoms with Crippen LogP contribution in [0.15, 0.2) is 60.7 Å². The largest absolute Gasteiger partial charge is 0.480 e. The number of hydrogen-bond acceptors (Lipinski definition) is 5. The molecule has 0 aliphatic heterocycles. The van der Waals surface area contributed by atoms with Crippen LogP contribution in [0.3, 0.4) is 0 Å². The molecular formula is C19H17FN4O2. The fourth-order valence-electron chi connectivity index (χ4n) is 2.36. The molecule has 0 saturated heterocycles. The number of rotatable bonds is 7. The number of halogens is 1. The second-order valence-corrected chi connectivity index (χ2v) is 5.52. The molecule has 3 N–H and O–H groups in total. The maximum absolute atomic E-state index is 13.8. The molecule has 132 valence electrons. The first-order valence-corrected chi connectivity index (χ1v) is 7.99. The number of carboxylic acids is 1. The van der Waals surface area contributed by atoms with Gasteiger partial charge >= 0.3 is 5.97 Å². The van der Waals surface area contributed by atoms with E-state index in [1.54, 1.807) is 24.3 Å². The highest BCUT2D eigenvalue weighted by Gasteiger charge is 2.09. The smallest absolute Gasteiger partial charge is 0.322 e. The van der Waals surface area contributed by atoms with Crippen LogP contribution in [0.25, 0.3) is 11.3 Å². The van der Waals surface area contributed by atoms with E-state index in [-0.39, 0.29) is 24.9 Å². The lowest BCUT2D eigenvalue weighted by Crippen LogP contribution is -2.15. The molecule has 0 aliphatic rings. The van der Waals surface area contributed by atoms with E-state index in [1.165, 1.54) is 6.07 Å². The summed E-state index contributed by atoms with van der Waals surface area (Å²) < 4.78 is 13.8. The average Bonchev–Trinajstić information content (AvgIpc) is 2.66. The van der Waals surface area contributed by atoms with Crippen LogP contribution in [0.1, 0.15) is 5.56 Å². The third kappa shape index (κ3) is 4.54. The minimum atomic E-state index is -1.01. The molecule has 26 heavy (non-hydrogen) atoms. The fraction of sp³-hybridized carbons (Fsp3) is 0.105. The van der Waals surface area contributed by atoms with Crippen LogP contribution in [0, 0.1) is 5.82 Å². The summed E-state index contributed by atoms with van der Waals surface area (Å²) in [6.45, 7) is -0.0543. The van der Waals surface area contributed by atoms with Crippen molar-refractivity contribution in [1.82, 2.24) is 9.97 Å². The van der Waals surface area contributed by atoms with Gasteiger partial charge in [-0.2, -0.15) is 4.98 Å². The first-order valence-electron chi connectivity index (χ1n) is 7.99. The van der Waals surface area contributed by atoms with Gasteiger partial charge in [0, 0.05) is 23.7 Å². The highest BCUT2D eigenvalue weighted by molar-refractivity contribution is 5.72. The fourth-order valence-corrected chi connectivity index (χ4v) is 2.36. The van der Waals surface area contributed by atoms with Crippen LogP contribution in [0.4, 0.5) is 16.2 Å². The van der Waals surface area contributed by atoms with Crippen molar-refractivity contribution < 1.29 is 14.3 Å². The van der Waals surface area contributed by atoms with E-state index in [0.29, 0.717) is 17.1 Å². The number of nitrogens with zero attached hydrogens (tertiary/aromatic N) is 2. The molecule has 3 rings (SSSR count). The van der Waals surface area contributed by atoms with Gasteiger partial charge in [-0.3, -0.25) is 4.79 Å². The van der Waals surface area contributed by atoms with Gasteiger partial charge in [-0.1, -0.05) is 48.5 Å². The molecule has 0 bridgehead atoms. The molecule has 0 unspecified atom stereocenters. The number of aromatic nitrogens is 2. The van der Waals surface area contributed by atoms with Gasteiger partial charge in [-0.25, -0.2) is 9.37 Å². The summed E-state index contributed by atoms with van der Waals surface area (Å²) in [6.07, 6.45) is 0. The number of carboxylic acid groups (broad SMARTS) is 1. The molecule has 3 aromatic rings. The van der Waals surface area contributed by atoms with Gasteiger partial charge in [0.15, 0.2) is 0 Å². The highest BCUT2D eigenvalue weighted by atomic mass is 19.1. The van der Waals surface area contributed by atoms with Gasteiger partial charge in [-0.15, -0.1) is 0 Å². The lowest BCUT2D eigenvalue weighted by molar-refractivity contribution is -0.134. The lowest BCUT2D eigenvalue weighted by Gasteiger charge is -2.11. The second-order valence-electron chi connectivity index (χ2n) is 5.52. The Balaban J connectivity index is 1.86. The SMILES string of the molecule is O=C(O)CNc1nc(NCc2ccccc2F)cc(-c2ccccc2)n1. The summed E-state index contributed by atoms with van der Waals surface area (Å²) in [5.41, 5.74) is 2.00. The molecule has 0 radical (unpaired) electrons. The number of hydrogen-bond donors (Lipinski definition) is 3. The molecule has 0 amide bonds. The second kappa shape index (κ2) is 8.06. The van der Waals surface area contributed by atoms with Crippen LogP contribution >= 0.6 is 0 Å². The van der Waals surface area contributed by atoms with Gasteiger partial charge in [0.25, 0.3) is 0 Å². The van der Waals surface area contributed by atoms with Crippen molar-refractivity contribution in [2.75, 3.05) is 17.2 Å². The predicted octanol–water partition coefficient (Wildman–Crippen LogP) is 3.39. The first kappa shape index (κ1) is 17.3. The van der Waals surface area contributed by atoms with Gasteiger partial charge < -0.3 is 15.7 Å². The van der Waals surface area contributed by atoms with Crippen molar-refractivity contribution in [3.05, 3.63) is 72.0 Å². The van der Waals surface area contributed by atoms with Crippen molar-refractivity contribution in [3.63, 3.8) is 0 Å². The molecule has 0 spiro atoms. The van der Waals surface area contributed by atoms with Crippen molar-refractivity contribution in [2.24, 2.45) is 0 Å². The summed E-state index contributed by atoms with van der Waals surface area (Å²) in [4.78, 5) is 19.4. The molecule has 0 fully saturated rings. The van der Waals surface area contributed by atoms with Crippen LogP contribution in [-0.4, -0.2) is 27.6 Å².